The number of carbonyl (C=O) groups excluding carboxylic acids is 1. The van der Waals surface area contributed by atoms with Crippen molar-refractivity contribution >= 4 is 15.9 Å². The van der Waals surface area contributed by atoms with E-state index >= 15 is 0 Å². The molecule has 0 spiro atoms. The molecule has 0 saturated carbocycles. The van der Waals surface area contributed by atoms with Gasteiger partial charge in [0.25, 0.3) is 0 Å². The van der Waals surface area contributed by atoms with Crippen LogP contribution in [0, 0.1) is 0 Å². The second-order valence-electron chi connectivity index (χ2n) is 3.82. The van der Waals surface area contributed by atoms with E-state index in [1.54, 1.807) is 45.5 Å². The molecule has 1 aliphatic heterocycles. The van der Waals surface area contributed by atoms with E-state index in [1.807, 2.05) is 6.07 Å². The second-order valence-corrected chi connectivity index (χ2v) is 8.74. The molecule has 0 atom stereocenters. The van der Waals surface area contributed by atoms with Gasteiger partial charge in [0.2, 0.25) is 0 Å². The predicted octanol–water partition coefficient (Wildman–Crippen LogP) is -2.41. The number of nitrogens with zero attached hydrogens (tertiary/aromatic N) is 2. The molecule has 1 aromatic heterocycles. The Bertz CT molecular complexity index is 747. The normalized spacial score (nSPS) is 16.6. The SMILES string of the molecule is O=C1c2ccccc2S(=O)(=O)N1[I-][n+]1ccccc1. The molecule has 19 heavy (non-hydrogen) atoms. The average molecular weight is 388 g/mol. The van der Waals surface area contributed by atoms with Crippen LogP contribution in [0.5, 0.6) is 0 Å². The third-order valence-electron chi connectivity index (χ3n) is 2.60. The van der Waals surface area contributed by atoms with Crippen LogP contribution in [-0.2, 0) is 10.0 Å². The van der Waals surface area contributed by atoms with Gasteiger partial charge in [0.05, 0.1) is 0 Å². The summed E-state index contributed by atoms with van der Waals surface area (Å²) in [5, 5.41) is 0. The molecule has 0 saturated heterocycles. The van der Waals surface area contributed by atoms with Gasteiger partial charge in [0, 0.05) is 0 Å². The minimum absolute atomic E-state index is 0.108. The van der Waals surface area contributed by atoms with Crippen molar-refractivity contribution in [2.45, 2.75) is 4.90 Å². The van der Waals surface area contributed by atoms with E-state index in [0.29, 0.717) is 0 Å². The van der Waals surface area contributed by atoms with Crippen LogP contribution in [0.2, 0.25) is 0 Å². The molecule has 98 valence electrons. The fourth-order valence-corrected chi connectivity index (χ4v) is 6.37. The van der Waals surface area contributed by atoms with Crippen molar-refractivity contribution < 1.29 is 37.7 Å². The number of rotatable bonds is 2. The first-order chi connectivity index (χ1) is 9.10. The van der Waals surface area contributed by atoms with E-state index in [1.165, 1.54) is 6.07 Å². The van der Waals surface area contributed by atoms with E-state index < -0.39 is 37.7 Å². The fourth-order valence-electron chi connectivity index (χ4n) is 1.74. The zero-order chi connectivity index (χ0) is 13.5. The first kappa shape index (κ1) is 12.5. The van der Waals surface area contributed by atoms with E-state index in [9.17, 15) is 13.2 Å². The van der Waals surface area contributed by atoms with E-state index in [4.69, 9.17) is 0 Å². The topological polar surface area (TPSA) is 58.3 Å². The second kappa shape index (κ2) is 4.57. The van der Waals surface area contributed by atoms with Gasteiger partial charge in [-0.25, -0.2) is 0 Å². The number of hydrogen-bond donors (Lipinski definition) is 0. The van der Waals surface area contributed by atoms with Gasteiger partial charge in [-0.05, 0) is 0 Å². The van der Waals surface area contributed by atoms with Crippen LogP contribution < -0.4 is 24.5 Å². The van der Waals surface area contributed by atoms with Gasteiger partial charge in [0.1, 0.15) is 0 Å². The summed E-state index contributed by atoms with van der Waals surface area (Å²) in [6.45, 7) is 0. The average Bonchev–Trinajstić information content (AvgIpc) is 2.62. The monoisotopic (exact) mass is 388 g/mol. The molecule has 0 bridgehead atoms. The zero-order valence-corrected chi connectivity index (χ0v) is 12.6. The number of fused-ring (bicyclic) bond motifs is 1. The maximum absolute atomic E-state index is 12.3. The molecule has 0 radical (unpaired) electrons. The molecule has 1 amide bonds. The van der Waals surface area contributed by atoms with Crippen molar-refractivity contribution in [3.8, 4) is 0 Å². The van der Waals surface area contributed by atoms with Gasteiger partial charge < -0.3 is 0 Å². The summed E-state index contributed by atoms with van der Waals surface area (Å²) in [5.74, 6) is -0.431. The Morgan fingerprint density at radius 2 is 1.68 bits per heavy atom. The molecule has 0 N–H and O–H groups in total. The Labute approximate surface area is 121 Å². The molecule has 1 aromatic carbocycles. The first-order valence-electron chi connectivity index (χ1n) is 5.41. The Balaban J connectivity index is 2.04. The van der Waals surface area contributed by atoms with Gasteiger partial charge >= 0.3 is 122 Å². The summed E-state index contributed by atoms with van der Waals surface area (Å²) in [6.07, 6.45) is 3.53. The zero-order valence-electron chi connectivity index (χ0n) is 9.60. The summed E-state index contributed by atoms with van der Waals surface area (Å²) in [4.78, 5) is 12.3. The third-order valence-corrected chi connectivity index (χ3v) is 8.04. The third kappa shape index (κ3) is 2.02. The fraction of sp³-hybridized carbons (Fsp3) is 0. The van der Waals surface area contributed by atoms with Crippen LogP contribution in [0.15, 0.2) is 59.8 Å². The van der Waals surface area contributed by atoms with E-state index in [2.05, 4.69) is 0 Å². The number of aromatic nitrogens is 1. The number of amides is 1. The molecule has 7 heteroatoms. The molecule has 3 rings (SSSR count). The molecular weight excluding hydrogens is 379 g/mol. The molecule has 2 aromatic rings. The van der Waals surface area contributed by atoms with Crippen molar-refractivity contribution in [2.24, 2.45) is 0 Å². The summed E-state index contributed by atoms with van der Waals surface area (Å²) in [7, 11) is -3.68. The molecule has 0 fully saturated rings. The Hall–Kier alpha value is -1.48. The summed E-state index contributed by atoms with van der Waals surface area (Å²) >= 11 is -1.14. The summed E-state index contributed by atoms with van der Waals surface area (Å²) in [5.41, 5.74) is 0.263. The molecule has 0 unspecified atom stereocenters. The number of halogens is 1. The van der Waals surface area contributed by atoms with Gasteiger partial charge in [-0.15, -0.1) is 0 Å². The molecule has 0 aliphatic carbocycles. The molecule has 5 nitrogen and oxygen atoms in total. The van der Waals surface area contributed by atoms with Gasteiger partial charge in [0.15, 0.2) is 0 Å². The van der Waals surface area contributed by atoms with Crippen LogP contribution in [0.25, 0.3) is 0 Å². The summed E-state index contributed by atoms with van der Waals surface area (Å²) < 4.78 is 27.4. The molecular formula is C12H9IN2O3S. The van der Waals surface area contributed by atoms with Crippen LogP contribution in [-0.4, -0.2) is 16.8 Å². The van der Waals surface area contributed by atoms with Crippen molar-refractivity contribution in [3.63, 3.8) is 0 Å². The van der Waals surface area contributed by atoms with Crippen LogP contribution in [0.4, 0.5) is 0 Å². The number of carbonyl (C=O) groups is 1. The Morgan fingerprint density at radius 1 is 1.00 bits per heavy atom. The van der Waals surface area contributed by atoms with Gasteiger partial charge in [-0.2, -0.15) is 0 Å². The Morgan fingerprint density at radius 3 is 2.37 bits per heavy atom. The van der Waals surface area contributed by atoms with Gasteiger partial charge in [-0.1, -0.05) is 0 Å². The number of sulfonamides is 1. The van der Waals surface area contributed by atoms with Crippen LogP contribution in [0.1, 0.15) is 10.4 Å². The van der Waals surface area contributed by atoms with Crippen molar-refractivity contribution in [1.29, 1.82) is 0 Å². The van der Waals surface area contributed by atoms with E-state index in [0.717, 1.165) is 2.52 Å². The Kier molecular flexibility index (Phi) is 3.02. The minimum atomic E-state index is -3.68. The van der Waals surface area contributed by atoms with Crippen LogP contribution in [0.3, 0.4) is 0 Å². The van der Waals surface area contributed by atoms with Crippen molar-refractivity contribution in [3.05, 3.63) is 60.4 Å². The quantitative estimate of drug-likeness (QED) is 0.426. The van der Waals surface area contributed by atoms with Gasteiger partial charge in [-0.3, -0.25) is 0 Å². The number of pyridine rings is 1. The van der Waals surface area contributed by atoms with Crippen LogP contribution >= 0.6 is 0 Å². The maximum atomic E-state index is 12.3. The summed E-state index contributed by atoms with van der Waals surface area (Å²) in [6, 6.07) is 11.8. The first-order valence-corrected chi connectivity index (χ1v) is 8.78. The predicted molar refractivity (Wildman–Crippen MR) is 61.8 cm³/mol. The molecule has 2 heterocycles. The van der Waals surface area contributed by atoms with E-state index in [-0.39, 0.29) is 10.5 Å². The standard InChI is InChI=1S/C12H9IN2O3S/c16-12-10-6-2-3-7-11(10)19(17,18)15(12)13-14-8-4-1-5-9-14/h1-9H. The number of benzene rings is 1. The molecule has 1 aliphatic rings. The van der Waals surface area contributed by atoms with Crippen molar-refractivity contribution in [1.82, 2.24) is 2.52 Å². The number of hydrogen-bond acceptors (Lipinski definition) is 3. The van der Waals surface area contributed by atoms with Crippen molar-refractivity contribution in [2.75, 3.05) is 0 Å².